The average molecular weight is 333 g/mol. The van der Waals surface area contributed by atoms with Crippen molar-refractivity contribution in [3.63, 3.8) is 0 Å². The van der Waals surface area contributed by atoms with E-state index in [0.29, 0.717) is 6.42 Å². The number of phenolic OH excluding ortho intramolecular Hbond substituents is 1. The second-order valence-corrected chi connectivity index (χ2v) is 6.65. The molecule has 1 aromatic heterocycles. The molecule has 1 aromatic carbocycles. The van der Waals surface area contributed by atoms with Gasteiger partial charge in [0.25, 0.3) is 0 Å². The van der Waals surface area contributed by atoms with Gasteiger partial charge in [-0.2, -0.15) is 8.42 Å². The van der Waals surface area contributed by atoms with Crippen molar-refractivity contribution in [2.24, 2.45) is 0 Å². The summed E-state index contributed by atoms with van der Waals surface area (Å²) in [5, 5.41) is 19.3. The first-order chi connectivity index (χ1) is 11.0. The fourth-order valence-electron chi connectivity index (χ4n) is 2.32. The van der Waals surface area contributed by atoms with E-state index in [4.69, 9.17) is 0 Å². The zero-order valence-electron chi connectivity index (χ0n) is 12.0. The van der Waals surface area contributed by atoms with Crippen molar-refractivity contribution in [3.8, 4) is 5.75 Å². The lowest BCUT2D eigenvalue weighted by Crippen LogP contribution is -2.29. The first kappa shape index (κ1) is 15.2. The maximum atomic E-state index is 11.9. The second-order valence-electron chi connectivity index (χ2n) is 5.10. The van der Waals surface area contributed by atoms with Crippen LogP contribution in [0.3, 0.4) is 0 Å². The lowest BCUT2D eigenvalue weighted by molar-refractivity contribution is 0.392. The molecule has 3 rings (SSSR count). The van der Waals surface area contributed by atoms with Gasteiger partial charge in [-0.25, -0.2) is 9.03 Å². The molecule has 8 heteroatoms. The molecule has 0 fully saturated rings. The van der Waals surface area contributed by atoms with E-state index >= 15 is 0 Å². The molecular formula is C15H15N3O4S. The van der Waals surface area contributed by atoms with Gasteiger partial charge in [0.2, 0.25) is 5.88 Å². The first-order valence-electron chi connectivity index (χ1n) is 6.89. The molecule has 1 aliphatic heterocycles. The number of hydrogen-bond donors (Lipinski definition) is 3. The quantitative estimate of drug-likeness (QED) is 0.788. The Hall–Kier alpha value is -2.74. The number of aromatic nitrogens is 1. The van der Waals surface area contributed by atoms with Crippen LogP contribution >= 0.6 is 0 Å². The third kappa shape index (κ3) is 3.21. The summed E-state index contributed by atoms with van der Waals surface area (Å²) in [6, 6.07) is 8.57. The third-order valence-corrected chi connectivity index (χ3v) is 4.72. The highest BCUT2D eigenvalue weighted by Crippen LogP contribution is 2.32. The van der Waals surface area contributed by atoms with E-state index in [9.17, 15) is 18.6 Å². The molecule has 120 valence electrons. The normalized spacial score (nSPS) is 16.0. The summed E-state index contributed by atoms with van der Waals surface area (Å²) in [5.41, 5.74) is 2.01. The molecule has 0 radical (unpaired) electrons. The minimum Gasteiger partial charge on any atom is -0.506 e. The fourth-order valence-corrected chi connectivity index (χ4v) is 3.38. The van der Waals surface area contributed by atoms with Crippen molar-refractivity contribution >= 4 is 15.9 Å². The molecule has 0 atom stereocenters. The molecule has 2 aromatic rings. The van der Waals surface area contributed by atoms with Crippen LogP contribution in [0.5, 0.6) is 5.75 Å². The van der Waals surface area contributed by atoms with Crippen molar-refractivity contribution < 1.29 is 18.6 Å². The summed E-state index contributed by atoms with van der Waals surface area (Å²) < 4.78 is 26.6. The molecule has 7 nitrogen and oxygen atoms in total. The number of aryl methyl sites for hydroxylation is 2. The van der Waals surface area contributed by atoms with Gasteiger partial charge in [-0.3, -0.25) is 4.98 Å². The third-order valence-electron chi connectivity index (χ3n) is 3.43. The highest BCUT2D eigenvalue weighted by Gasteiger charge is 2.30. The van der Waals surface area contributed by atoms with E-state index < -0.39 is 16.1 Å². The molecule has 0 unspecified atom stereocenters. The van der Waals surface area contributed by atoms with Crippen LogP contribution in [0.25, 0.3) is 0 Å². The van der Waals surface area contributed by atoms with Gasteiger partial charge in [-0.05, 0) is 42.2 Å². The van der Waals surface area contributed by atoms with E-state index in [1.807, 2.05) is 16.9 Å². The number of nitrogens with one attached hydrogen (secondary N) is 1. The molecule has 2 heterocycles. The highest BCUT2D eigenvalue weighted by atomic mass is 32.2. The Balaban J connectivity index is 1.85. The van der Waals surface area contributed by atoms with E-state index in [1.54, 1.807) is 24.5 Å². The zero-order chi connectivity index (χ0) is 16.4. The fraction of sp³-hybridized carbons (Fsp3) is 0.133. The zero-order valence-corrected chi connectivity index (χ0v) is 12.9. The Morgan fingerprint density at radius 2 is 1.91 bits per heavy atom. The molecule has 0 bridgehead atoms. The van der Waals surface area contributed by atoms with Crippen molar-refractivity contribution in [2.45, 2.75) is 12.8 Å². The molecule has 0 spiro atoms. The predicted octanol–water partition coefficient (Wildman–Crippen LogP) is 1.58. The Kier molecular flexibility index (Phi) is 3.83. The summed E-state index contributed by atoms with van der Waals surface area (Å²) in [6.45, 7) is 0. The van der Waals surface area contributed by atoms with E-state index in [-0.39, 0.29) is 11.4 Å². The summed E-state index contributed by atoms with van der Waals surface area (Å²) in [5.74, 6) is -0.684. The van der Waals surface area contributed by atoms with Gasteiger partial charge in [-0.15, -0.1) is 0 Å². The monoisotopic (exact) mass is 333 g/mol. The van der Waals surface area contributed by atoms with Crippen LogP contribution in [0, 0.1) is 0 Å². The smallest absolute Gasteiger partial charge is 0.330 e. The Morgan fingerprint density at radius 3 is 2.57 bits per heavy atom. The van der Waals surface area contributed by atoms with Gasteiger partial charge < -0.3 is 10.2 Å². The molecule has 23 heavy (non-hydrogen) atoms. The number of aromatic hydroxyl groups is 1. The van der Waals surface area contributed by atoms with Gasteiger partial charge in [0.15, 0.2) is 0 Å². The molecule has 0 amide bonds. The number of aliphatic hydroxyl groups is 1. The minimum atomic E-state index is -3.92. The number of anilines is 1. The maximum absolute atomic E-state index is 11.9. The van der Waals surface area contributed by atoms with E-state index in [0.717, 1.165) is 28.1 Å². The molecule has 3 N–H and O–H groups in total. The predicted molar refractivity (Wildman–Crippen MR) is 85.0 cm³/mol. The number of rotatable bonds is 4. The van der Waals surface area contributed by atoms with E-state index in [2.05, 4.69) is 4.98 Å². The lowest BCUT2D eigenvalue weighted by Gasteiger charge is -2.16. The Morgan fingerprint density at radius 1 is 1.13 bits per heavy atom. The van der Waals surface area contributed by atoms with Crippen molar-refractivity contribution in [1.29, 1.82) is 0 Å². The summed E-state index contributed by atoms with van der Waals surface area (Å²) >= 11 is 0. The van der Waals surface area contributed by atoms with Gasteiger partial charge >= 0.3 is 10.2 Å². The Bertz CT molecular complexity index is 850. The van der Waals surface area contributed by atoms with Crippen LogP contribution in [-0.2, 0) is 23.1 Å². The van der Waals surface area contributed by atoms with Gasteiger partial charge in [0, 0.05) is 12.4 Å². The SMILES string of the molecule is O=S1(=O)NC(O)=CN1c1cc(CCc2cccnc2)ccc1O. The number of phenols is 1. The first-order valence-corrected chi connectivity index (χ1v) is 8.33. The number of pyridine rings is 1. The van der Waals surface area contributed by atoms with Gasteiger partial charge in [0.1, 0.15) is 11.4 Å². The molecule has 1 aliphatic rings. The number of aliphatic hydroxyl groups excluding tert-OH is 1. The standard InChI is InChI=1S/C15H15N3O4S/c19-14-6-5-11(3-4-12-2-1-7-16-9-12)8-13(14)18-10-15(20)17-23(18,21)22/h1-2,5-10,17,19-20H,3-4H2. The summed E-state index contributed by atoms with van der Waals surface area (Å²) in [6.07, 6.45) is 5.89. The topological polar surface area (TPSA) is 103 Å². The molecule has 0 aliphatic carbocycles. The van der Waals surface area contributed by atoms with Crippen LogP contribution in [0.4, 0.5) is 5.69 Å². The highest BCUT2D eigenvalue weighted by molar-refractivity contribution is 7.91. The number of hydrogen-bond acceptors (Lipinski definition) is 5. The molecular weight excluding hydrogens is 318 g/mol. The molecule has 0 saturated heterocycles. The number of benzene rings is 1. The van der Waals surface area contributed by atoms with Crippen molar-refractivity contribution in [2.75, 3.05) is 4.31 Å². The van der Waals surface area contributed by atoms with Crippen LogP contribution in [0.1, 0.15) is 11.1 Å². The van der Waals surface area contributed by atoms with Crippen LogP contribution in [-0.4, -0.2) is 23.6 Å². The van der Waals surface area contributed by atoms with Crippen molar-refractivity contribution in [1.82, 2.24) is 9.71 Å². The van der Waals surface area contributed by atoms with Crippen LogP contribution in [0.2, 0.25) is 0 Å². The maximum Gasteiger partial charge on any atom is 0.330 e. The van der Waals surface area contributed by atoms with Crippen molar-refractivity contribution in [3.05, 3.63) is 65.9 Å². The van der Waals surface area contributed by atoms with Gasteiger partial charge in [-0.1, -0.05) is 12.1 Å². The second kappa shape index (κ2) is 5.81. The van der Waals surface area contributed by atoms with Crippen LogP contribution < -0.4 is 9.03 Å². The summed E-state index contributed by atoms with van der Waals surface area (Å²) in [7, 11) is -3.92. The lowest BCUT2D eigenvalue weighted by atomic mass is 10.0. The number of nitrogens with zero attached hydrogens (tertiary/aromatic N) is 2. The average Bonchev–Trinajstić information content (AvgIpc) is 2.80. The van der Waals surface area contributed by atoms with Gasteiger partial charge in [0.05, 0.1) is 6.20 Å². The van der Waals surface area contributed by atoms with Crippen LogP contribution in [0.15, 0.2) is 54.8 Å². The summed E-state index contributed by atoms with van der Waals surface area (Å²) in [4.78, 5) is 4.05. The van der Waals surface area contributed by atoms with E-state index in [1.165, 1.54) is 6.07 Å². The minimum absolute atomic E-state index is 0.0882. The largest absolute Gasteiger partial charge is 0.506 e. The Labute approximate surface area is 133 Å². The molecule has 0 saturated carbocycles.